The van der Waals surface area contributed by atoms with E-state index in [0.717, 1.165) is 62.0 Å². The third kappa shape index (κ3) is 7.50. The molecule has 3 aromatic carbocycles. The van der Waals surface area contributed by atoms with E-state index in [1.165, 1.54) is 0 Å². The van der Waals surface area contributed by atoms with Gasteiger partial charge in [-0.3, -0.25) is 0 Å². The second-order valence-corrected chi connectivity index (χ2v) is 13.8. The number of ether oxygens (including phenoxy) is 3. The molecule has 14 heteroatoms. The molecule has 0 N–H and O–H groups in total. The second kappa shape index (κ2) is 15.1. The molecule has 0 bridgehead atoms. The van der Waals surface area contributed by atoms with Gasteiger partial charge in [0.1, 0.15) is 24.8 Å². The Morgan fingerprint density at radius 2 is 1.61 bits per heavy atom. The standard InChI is InChI=1S/C37H43Cl2N8O4/c1-4-27(3)47-36(48)46(25-41-47)31-9-7-29(8-10-31)43-16-18-44(19-17-43)30-11-13-32(14-12-30)49-21-33-22-50-37(51-33,23-45-26-42(5-2)24-40-45)34-15-6-28(38)20-35(34)39/h6-15,20,24-27,33H,4-5,16-19,21-23H2,1-3H3/q+1. The molecule has 12 nitrogen and oxygen atoms in total. The Labute approximate surface area is 307 Å². The zero-order valence-electron chi connectivity index (χ0n) is 29.1. The van der Waals surface area contributed by atoms with Gasteiger partial charge >= 0.3 is 5.69 Å². The maximum atomic E-state index is 12.8. The van der Waals surface area contributed by atoms with Gasteiger partial charge in [0, 0.05) is 53.2 Å². The molecule has 268 valence electrons. The number of hydrogen-bond acceptors (Lipinski definition) is 8. The fourth-order valence-corrected chi connectivity index (χ4v) is 7.09. The first-order valence-corrected chi connectivity index (χ1v) is 18.2. The highest BCUT2D eigenvalue weighted by molar-refractivity contribution is 6.35. The van der Waals surface area contributed by atoms with E-state index in [-0.39, 0.29) is 17.8 Å². The minimum atomic E-state index is -1.14. The van der Waals surface area contributed by atoms with Crippen LogP contribution in [0.5, 0.6) is 5.75 Å². The van der Waals surface area contributed by atoms with Crippen molar-refractivity contribution in [1.82, 2.24) is 24.1 Å². The lowest BCUT2D eigenvalue weighted by molar-refractivity contribution is -0.694. The molecule has 2 aliphatic rings. The van der Waals surface area contributed by atoms with Crippen LogP contribution in [0.2, 0.25) is 10.0 Å². The molecule has 0 spiro atoms. The number of benzene rings is 3. The summed E-state index contributed by atoms with van der Waals surface area (Å²) in [7, 11) is 0. The van der Waals surface area contributed by atoms with Gasteiger partial charge in [0.25, 0.3) is 6.33 Å². The number of nitrogens with zero attached hydrogens (tertiary/aromatic N) is 8. The molecule has 2 aliphatic heterocycles. The Balaban J connectivity index is 0.932. The Bertz CT molecular complexity index is 1990. The molecule has 3 atom stereocenters. The average molecular weight is 735 g/mol. The largest absolute Gasteiger partial charge is 0.491 e. The van der Waals surface area contributed by atoms with Gasteiger partial charge in [0.2, 0.25) is 12.1 Å². The second-order valence-electron chi connectivity index (χ2n) is 13.0. The van der Waals surface area contributed by atoms with Crippen molar-refractivity contribution >= 4 is 34.6 Å². The first kappa shape index (κ1) is 35.1. The lowest BCUT2D eigenvalue weighted by Crippen LogP contribution is -2.46. The molecule has 0 saturated carbocycles. The van der Waals surface area contributed by atoms with Crippen LogP contribution in [0.4, 0.5) is 11.4 Å². The fourth-order valence-electron chi connectivity index (χ4n) is 6.53. The summed E-state index contributed by atoms with van der Waals surface area (Å²) in [5, 5.41) is 9.79. The van der Waals surface area contributed by atoms with Gasteiger partial charge in [-0.1, -0.05) is 36.2 Å². The van der Waals surface area contributed by atoms with E-state index in [0.29, 0.717) is 35.4 Å². The zero-order chi connectivity index (χ0) is 35.5. The smallest absolute Gasteiger partial charge is 0.350 e. The van der Waals surface area contributed by atoms with Gasteiger partial charge in [-0.2, -0.15) is 5.10 Å². The number of anilines is 2. The van der Waals surface area contributed by atoms with E-state index in [1.807, 2.05) is 55.1 Å². The fraction of sp³-hybridized carbons (Fsp3) is 0.405. The first-order valence-electron chi connectivity index (χ1n) is 17.4. The maximum absolute atomic E-state index is 12.8. The van der Waals surface area contributed by atoms with Crippen LogP contribution in [0, 0.1) is 0 Å². The summed E-state index contributed by atoms with van der Waals surface area (Å²) >= 11 is 12.9. The highest BCUT2D eigenvalue weighted by Crippen LogP contribution is 2.40. The topological polar surface area (TPSA) is 95.7 Å². The van der Waals surface area contributed by atoms with Crippen LogP contribution in [0.15, 0.2) is 90.5 Å². The summed E-state index contributed by atoms with van der Waals surface area (Å²) in [6.45, 7) is 11.4. The van der Waals surface area contributed by atoms with Crippen molar-refractivity contribution in [2.75, 3.05) is 49.2 Å². The lowest BCUT2D eigenvalue weighted by atomic mass is 10.1. The Morgan fingerprint density at radius 1 is 0.941 bits per heavy atom. The third-order valence-corrected chi connectivity index (χ3v) is 10.2. The van der Waals surface area contributed by atoms with Crippen molar-refractivity contribution in [3.8, 4) is 11.4 Å². The summed E-state index contributed by atoms with van der Waals surface area (Å²) in [6.07, 6.45) is 5.81. The predicted molar refractivity (Wildman–Crippen MR) is 196 cm³/mol. The van der Waals surface area contributed by atoms with E-state index < -0.39 is 5.79 Å². The summed E-state index contributed by atoms with van der Waals surface area (Å²) in [5.41, 5.74) is 3.68. The minimum Gasteiger partial charge on any atom is -0.491 e. The molecular weight excluding hydrogens is 691 g/mol. The Kier molecular flexibility index (Phi) is 10.4. The van der Waals surface area contributed by atoms with Crippen molar-refractivity contribution in [1.29, 1.82) is 0 Å². The van der Waals surface area contributed by atoms with Crippen LogP contribution in [0.1, 0.15) is 38.8 Å². The van der Waals surface area contributed by atoms with Crippen LogP contribution in [-0.2, 0) is 28.4 Å². The number of hydrogen-bond donors (Lipinski definition) is 0. The summed E-state index contributed by atoms with van der Waals surface area (Å²) in [4.78, 5) is 17.6. The molecule has 0 aliphatic carbocycles. The number of rotatable bonds is 12. The molecule has 4 heterocycles. The van der Waals surface area contributed by atoms with Gasteiger partial charge in [-0.05, 0) is 80.9 Å². The molecule has 7 rings (SSSR count). The van der Waals surface area contributed by atoms with Crippen LogP contribution >= 0.6 is 23.2 Å². The normalized spacial score (nSPS) is 19.8. The van der Waals surface area contributed by atoms with E-state index in [9.17, 15) is 4.79 Å². The van der Waals surface area contributed by atoms with Gasteiger partial charge in [-0.25, -0.2) is 18.6 Å². The van der Waals surface area contributed by atoms with Gasteiger partial charge < -0.3 is 24.0 Å². The van der Waals surface area contributed by atoms with Crippen molar-refractivity contribution in [2.45, 2.75) is 58.2 Å². The maximum Gasteiger partial charge on any atom is 0.350 e. The number of aromatic nitrogens is 6. The van der Waals surface area contributed by atoms with E-state index in [2.05, 4.69) is 51.2 Å². The van der Waals surface area contributed by atoms with Crippen LogP contribution < -0.4 is 24.8 Å². The average Bonchev–Trinajstić information content (AvgIpc) is 3.90. The van der Waals surface area contributed by atoms with Crippen LogP contribution in [0.25, 0.3) is 5.69 Å². The monoisotopic (exact) mass is 733 g/mol. The summed E-state index contributed by atoms with van der Waals surface area (Å²) in [5.74, 6) is -0.383. The van der Waals surface area contributed by atoms with Crippen molar-refractivity contribution in [2.24, 2.45) is 0 Å². The minimum absolute atomic E-state index is 0.0649. The van der Waals surface area contributed by atoms with Crippen molar-refractivity contribution in [3.05, 3.63) is 112 Å². The molecule has 2 saturated heterocycles. The number of piperazine rings is 1. The highest BCUT2D eigenvalue weighted by Gasteiger charge is 2.47. The van der Waals surface area contributed by atoms with E-state index in [4.69, 9.17) is 37.4 Å². The predicted octanol–water partition coefficient (Wildman–Crippen LogP) is 5.49. The Morgan fingerprint density at radius 3 is 2.24 bits per heavy atom. The molecular formula is C37H43Cl2N8O4+. The number of halogens is 2. The van der Waals surface area contributed by atoms with Crippen LogP contribution in [-0.4, -0.2) is 69.6 Å². The third-order valence-electron chi connectivity index (χ3n) is 9.68. The first-order chi connectivity index (χ1) is 24.7. The van der Waals surface area contributed by atoms with Crippen LogP contribution in [0.3, 0.4) is 0 Å². The summed E-state index contributed by atoms with van der Waals surface area (Å²) < 4.78 is 26.0. The van der Waals surface area contributed by atoms with E-state index >= 15 is 0 Å². The van der Waals surface area contributed by atoms with Gasteiger partial charge in [0.05, 0.1) is 29.9 Å². The molecule has 0 radical (unpaired) electrons. The van der Waals surface area contributed by atoms with Gasteiger partial charge in [-0.15, -0.1) is 4.68 Å². The molecule has 3 unspecified atom stereocenters. The molecule has 5 aromatic rings. The zero-order valence-corrected chi connectivity index (χ0v) is 30.6. The number of aryl methyl sites for hydroxylation is 1. The highest BCUT2D eigenvalue weighted by atomic mass is 35.5. The molecule has 0 amide bonds. The molecule has 2 aromatic heterocycles. The van der Waals surface area contributed by atoms with E-state index in [1.54, 1.807) is 38.7 Å². The van der Waals surface area contributed by atoms with Crippen molar-refractivity contribution < 1.29 is 18.8 Å². The quantitative estimate of drug-likeness (QED) is 0.156. The summed E-state index contributed by atoms with van der Waals surface area (Å²) in [6, 6.07) is 21.7. The molecule has 2 fully saturated rings. The van der Waals surface area contributed by atoms with Gasteiger partial charge in [0.15, 0.2) is 6.54 Å². The lowest BCUT2D eigenvalue weighted by Gasteiger charge is -2.37. The SMILES string of the molecule is CCC(C)n1ncn(-c2ccc(N3CCN(c4ccc(OCC5COC(Cn6c[n+](CC)cn6)(c6ccc(Cl)cc6Cl)O5)cc4)CC3)cc2)c1=O. The molecule has 51 heavy (non-hydrogen) atoms. The Hall–Kier alpha value is -4.36. The van der Waals surface area contributed by atoms with Crippen molar-refractivity contribution in [3.63, 3.8) is 0 Å².